The molecule has 2 amide bonds. The molecule has 5 rings (SSSR count). The zero-order chi connectivity index (χ0) is 27.6. The van der Waals surface area contributed by atoms with Gasteiger partial charge in [0.25, 0.3) is 5.91 Å². The maximum absolute atomic E-state index is 13.5. The van der Waals surface area contributed by atoms with E-state index in [1.807, 2.05) is 49.1 Å². The summed E-state index contributed by atoms with van der Waals surface area (Å²) in [5.41, 5.74) is 3.13. The second-order valence-corrected chi connectivity index (χ2v) is 11.7. The fourth-order valence-electron chi connectivity index (χ4n) is 6.64. The summed E-state index contributed by atoms with van der Waals surface area (Å²) >= 11 is 0. The van der Waals surface area contributed by atoms with Gasteiger partial charge < -0.3 is 15.1 Å². The number of alkyl halides is 2. The molecule has 1 aliphatic carbocycles. The molecule has 3 heterocycles. The van der Waals surface area contributed by atoms with Crippen molar-refractivity contribution in [3.8, 4) is 0 Å². The predicted octanol–water partition coefficient (Wildman–Crippen LogP) is 4.56. The van der Waals surface area contributed by atoms with E-state index in [1.54, 1.807) is 0 Å². The number of nitrogens with one attached hydrogen (secondary N) is 1. The number of benzene rings is 1. The summed E-state index contributed by atoms with van der Waals surface area (Å²) in [4.78, 5) is 39.0. The Kier molecular flexibility index (Phi) is 8.26. The van der Waals surface area contributed by atoms with Gasteiger partial charge in [0.15, 0.2) is 0 Å². The van der Waals surface area contributed by atoms with E-state index in [-0.39, 0.29) is 36.6 Å². The van der Waals surface area contributed by atoms with Gasteiger partial charge in [-0.2, -0.15) is 0 Å². The van der Waals surface area contributed by atoms with Crippen LogP contribution in [0.15, 0.2) is 36.7 Å². The molecule has 3 aliphatic rings. The minimum absolute atomic E-state index is 0.0275. The first-order chi connectivity index (χ1) is 18.7. The van der Waals surface area contributed by atoms with Crippen LogP contribution in [0.4, 0.5) is 8.78 Å². The fraction of sp³-hybridized carbons (Fsp3) is 0.600. The normalized spacial score (nSPS) is 23.9. The van der Waals surface area contributed by atoms with Crippen molar-refractivity contribution in [2.24, 2.45) is 17.8 Å². The van der Waals surface area contributed by atoms with E-state index >= 15 is 0 Å². The SMILES string of the molecule is Cc1ncnc(C)c1C(=O)N1CC2CN(CC[C@H](NC(=O)CC3CCC(F)(F)CC3)c3ccccc3)CC2C1. The standard InChI is InChI=1S/C30H39F2N5O2/c1-20-28(21(2)34-19-33-20)29(39)37-17-24-15-36(16-25(24)18-37)13-10-26(23-6-4-3-5-7-23)35-27(38)14-22-8-11-30(31,32)12-9-22/h3-7,19,22,24-26H,8-18H2,1-2H3,(H,35,38)/t24?,25?,26-/m0/s1. The highest BCUT2D eigenvalue weighted by atomic mass is 19.3. The third-order valence-corrected chi connectivity index (χ3v) is 8.87. The van der Waals surface area contributed by atoms with Crippen LogP contribution in [0, 0.1) is 31.6 Å². The Morgan fingerprint density at radius 3 is 2.23 bits per heavy atom. The van der Waals surface area contributed by atoms with Gasteiger partial charge in [-0.25, -0.2) is 18.7 Å². The maximum atomic E-state index is 13.5. The molecule has 9 heteroatoms. The van der Waals surface area contributed by atoms with Crippen LogP contribution < -0.4 is 5.32 Å². The average Bonchev–Trinajstić information content (AvgIpc) is 3.47. The third-order valence-electron chi connectivity index (χ3n) is 8.87. The number of hydrogen-bond acceptors (Lipinski definition) is 5. The molecule has 39 heavy (non-hydrogen) atoms. The zero-order valence-electron chi connectivity index (χ0n) is 22.9. The number of nitrogens with zero attached hydrogens (tertiary/aromatic N) is 4. The van der Waals surface area contributed by atoms with Gasteiger partial charge in [0.2, 0.25) is 11.8 Å². The van der Waals surface area contributed by atoms with E-state index in [4.69, 9.17) is 0 Å². The molecule has 3 fully saturated rings. The molecule has 1 N–H and O–H groups in total. The Labute approximate surface area is 229 Å². The van der Waals surface area contributed by atoms with Crippen molar-refractivity contribution in [3.05, 3.63) is 59.2 Å². The number of aromatic nitrogens is 2. The number of carbonyl (C=O) groups excluding carboxylic acids is 2. The van der Waals surface area contributed by atoms with Gasteiger partial charge in [-0.05, 0) is 56.4 Å². The summed E-state index contributed by atoms with van der Waals surface area (Å²) < 4.78 is 27.0. The Balaban J connectivity index is 1.14. The highest BCUT2D eigenvalue weighted by Gasteiger charge is 2.42. The molecule has 3 atom stereocenters. The first kappa shape index (κ1) is 27.6. The molecule has 2 aliphatic heterocycles. The molecule has 1 aromatic carbocycles. The van der Waals surface area contributed by atoms with Gasteiger partial charge in [0, 0.05) is 52.0 Å². The van der Waals surface area contributed by atoms with E-state index in [0.717, 1.165) is 56.1 Å². The Hall–Kier alpha value is -2.94. The minimum atomic E-state index is -2.58. The lowest BCUT2D eigenvalue weighted by Gasteiger charge is -2.29. The first-order valence-corrected chi connectivity index (χ1v) is 14.2. The van der Waals surface area contributed by atoms with Gasteiger partial charge in [-0.15, -0.1) is 0 Å². The van der Waals surface area contributed by atoms with Crippen molar-refractivity contribution < 1.29 is 18.4 Å². The van der Waals surface area contributed by atoms with Crippen LogP contribution in [0.5, 0.6) is 0 Å². The zero-order valence-corrected chi connectivity index (χ0v) is 22.9. The number of hydrogen-bond donors (Lipinski definition) is 1. The van der Waals surface area contributed by atoms with E-state index < -0.39 is 5.92 Å². The Bertz CT molecular complexity index is 1130. The smallest absolute Gasteiger partial charge is 0.257 e. The van der Waals surface area contributed by atoms with Crippen LogP contribution in [-0.2, 0) is 4.79 Å². The van der Waals surface area contributed by atoms with Crippen LogP contribution in [0.1, 0.15) is 71.9 Å². The lowest BCUT2D eigenvalue weighted by molar-refractivity contribution is -0.124. The van der Waals surface area contributed by atoms with E-state index in [0.29, 0.717) is 36.7 Å². The molecule has 1 saturated carbocycles. The number of halogens is 2. The molecular weight excluding hydrogens is 500 g/mol. The monoisotopic (exact) mass is 539 g/mol. The lowest BCUT2D eigenvalue weighted by atomic mass is 9.84. The molecule has 2 saturated heterocycles. The number of likely N-dealkylation sites (tertiary alicyclic amines) is 2. The van der Waals surface area contributed by atoms with Crippen LogP contribution in [0.3, 0.4) is 0 Å². The summed E-state index contributed by atoms with van der Waals surface area (Å²) in [5.74, 6) is -1.70. The van der Waals surface area contributed by atoms with E-state index in [9.17, 15) is 18.4 Å². The third kappa shape index (κ3) is 6.62. The molecular formula is C30H39F2N5O2. The predicted molar refractivity (Wildman–Crippen MR) is 144 cm³/mol. The van der Waals surface area contributed by atoms with Gasteiger partial charge in [0.1, 0.15) is 6.33 Å². The van der Waals surface area contributed by atoms with Crippen LogP contribution in [-0.4, -0.2) is 70.2 Å². The number of carbonyl (C=O) groups is 2. The van der Waals surface area contributed by atoms with Gasteiger partial charge in [0.05, 0.1) is 23.0 Å². The number of fused-ring (bicyclic) bond motifs is 1. The second kappa shape index (κ2) is 11.7. The molecule has 1 aromatic heterocycles. The summed E-state index contributed by atoms with van der Waals surface area (Å²) in [6.07, 6.45) is 3.16. The van der Waals surface area contributed by atoms with Crippen LogP contribution in [0.25, 0.3) is 0 Å². The average molecular weight is 540 g/mol. The largest absolute Gasteiger partial charge is 0.349 e. The number of amides is 2. The Morgan fingerprint density at radius 1 is 1.00 bits per heavy atom. The molecule has 2 aromatic rings. The number of rotatable bonds is 8. The molecule has 2 unspecified atom stereocenters. The van der Waals surface area contributed by atoms with E-state index in [2.05, 4.69) is 20.2 Å². The van der Waals surface area contributed by atoms with Gasteiger partial charge >= 0.3 is 0 Å². The molecule has 210 valence electrons. The lowest BCUT2D eigenvalue weighted by Crippen LogP contribution is -2.36. The number of aryl methyl sites for hydroxylation is 2. The summed E-state index contributed by atoms with van der Waals surface area (Å²) in [6.45, 7) is 7.92. The first-order valence-electron chi connectivity index (χ1n) is 14.2. The van der Waals surface area contributed by atoms with Crippen molar-refractivity contribution >= 4 is 11.8 Å². The second-order valence-electron chi connectivity index (χ2n) is 11.7. The summed E-state index contributed by atoms with van der Waals surface area (Å²) in [5, 5.41) is 3.21. The minimum Gasteiger partial charge on any atom is -0.349 e. The summed E-state index contributed by atoms with van der Waals surface area (Å²) in [7, 11) is 0. The van der Waals surface area contributed by atoms with Crippen molar-refractivity contribution in [1.29, 1.82) is 0 Å². The highest BCUT2D eigenvalue weighted by Crippen LogP contribution is 2.37. The quantitative estimate of drug-likeness (QED) is 0.532. The van der Waals surface area contributed by atoms with Crippen molar-refractivity contribution in [2.45, 2.75) is 64.3 Å². The molecule has 7 nitrogen and oxygen atoms in total. The van der Waals surface area contributed by atoms with Crippen molar-refractivity contribution in [3.63, 3.8) is 0 Å². The molecule has 0 spiro atoms. The van der Waals surface area contributed by atoms with Gasteiger partial charge in [-0.3, -0.25) is 9.59 Å². The highest BCUT2D eigenvalue weighted by molar-refractivity contribution is 5.96. The van der Waals surface area contributed by atoms with Crippen molar-refractivity contribution in [1.82, 2.24) is 25.1 Å². The van der Waals surface area contributed by atoms with Gasteiger partial charge in [-0.1, -0.05) is 30.3 Å². The topological polar surface area (TPSA) is 78.4 Å². The molecule has 0 radical (unpaired) electrons. The van der Waals surface area contributed by atoms with Crippen LogP contribution in [0.2, 0.25) is 0 Å². The summed E-state index contributed by atoms with van der Waals surface area (Å²) in [6, 6.07) is 9.86. The Morgan fingerprint density at radius 2 is 1.62 bits per heavy atom. The molecule has 0 bridgehead atoms. The maximum Gasteiger partial charge on any atom is 0.257 e. The van der Waals surface area contributed by atoms with E-state index in [1.165, 1.54) is 6.33 Å². The fourth-order valence-corrected chi connectivity index (χ4v) is 6.64. The van der Waals surface area contributed by atoms with Crippen molar-refractivity contribution in [2.75, 3.05) is 32.7 Å². The van der Waals surface area contributed by atoms with Crippen LogP contribution >= 0.6 is 0 Å².